The normalized spacial score (nSPS) is 10.9. The summed E-state index contributed by atoms with van der Waals surface area (Å²) in [5, 5.41) is 7.35. The highest BCUT2D eigenvalue weighted by Gasteiger charge is 2.20. The highest BCUT2D eigenvalue weighted by molar-refractivity contribution is 6.31. The fraction of sp³-hybridized carbons (Fsp3) is 0.200. The van der Waals surface area contributed by atoms with Crippen molar-refractivity contribution < 1.29 is 14.1 Å². The van der Waals surface area contributed by atoms with Crippen molar-refractivity contribution in [1.82, 2.24) is 14.7 Å². The summed E-state index contributed by atoms with van der Waals surface area (Å²) in [5.41, 5.74) is 3.36. The maximum atomic E-state index is 13.4. The Kier molecular flexibility index (Phi) is 6.51. The summed E-state index contributed by atoms with van der Waals surface area (Å²) in [5.74, 6) is 0.789. The van der Waals surface area contributed by atoms with Gasteiger partial charge in [0.1, 0.15) is 17.9 Å². The molecule has 2 aromatic carbocycles. The molecule has 0 saturated heterocycles. The van der Waals surface area contributed by atoms with Crippen molar-refractivity contribution in [2.75, 3.05) is 12.4 Å². The zero-order chi connectivity index (χ0) is 24.4. The predicted octanol–water partition coefficient (Wildman–Crippen LogP) is 4.79. The van der Waals surface area contributed by atoms with E-state index >= 15 is 0 Å². The first-order chi connectivity index (χ1) is 16.3. The van der Waals surface area contributed by atoms with E-state index in [4.69, 9.17) is 20.9 Å². The third-order valence-electron chi connectivity index (χ3n) is 5.47. The molecule has 0 aliphatic rings. The molecular weight excluding hydrogens is 456 g/mol. The van der Waals surface area contributed by atoms with Gasteiger partial charge in [-0.2, -0.15) is 4.98 Å². The fourth-order valence-electron chi connectivity index (χ4n) is 3.63. The summed E-state index contributed by atoms with van der Waals surface area (Å²) in [6.07, 6.45) is 0. The van der Waals surface area contributed by atoms with Crippen molar-refractivity contribution in [3.8, 4) is 28.6 Å². The number of rotatable bonds is 6. The number of halogens is 1. The Bertz CT molecular complexity index is 1420. The molecule has 0 radical (unpaired) electrons. The van der Waals surface area contributed by atoms with Crippen LogP contribution in [-0.4, -0.2) is 27.7 Å². The molecule has 0 saturated carbocycles. The summed E-state index contributed by atoms with van der Waals surface area (Å²) < 4.78 is 12.0. The van der Waals surface area contributed by atoms with Crippen molar-refractivity contribution >= 4 is 23.2 Å². The van der Waals surface area contributed by atoms with E-state index in [1.165, 1.54) is 4.57 Å². The molecule has 4 rings (SSSR count). The quantitative estimate of drug-likeness (QED) is 0.427. The zero-order valence-corrected chi connectivity index (χ0v) is 19.9. The summed E-state index contributed by atoms with van der Waals surface area (Å²) >= 11 is 6.04. The van der Waals surface area contributed by atoms with Gasteiger partial charge in [-0.3, -0.25) is 9.59 Å². The Balaban J connectivity index is 1.64. The minimum absolute atomic E-state index is 0.0909. The first-order valence-electron chi connectivity index (χ1n) is 10.5. The lowest BCUT2D eigenvalue weighted by Gasteiger charge is -2.14. The Morgan fingerprint density at radius 2 is 1.82 bits per heavy atom. The van der Waals surface area contributed by atoms with Crippen LogP contribution in [0.3, 0.4) is 0 Å². The van der Waals surface area contributed by atoms with E-state index < -0.39 is 0 Å². The van der Waals surface area contributed by atoms with Crippen molar-refractivity contribution in [2.45, 2.75) is 27.3 Å². The van der Waals surface area contributed by atoms with Crippen LogP contribution in [0.2, 0.25) is 5.02 Å². The number of pyridine rings is 1. The molecule has 0 spiro atoms. The summed E-state index contributed by atoms with van der Waals surface area (Å²) in [4.78, 5) is 30.5. The van der Waals surface area contributed by atoms with Gasteiger partial charge in [0.15, 0.2) is 0 Å². The molecular formula is C25H23ClN4O4. The van der Waals surface area contributed by atoms with Gasteiger partial charge >= 0.3 is 0 Å². The maximum Gasteiger partial charge on any atom is 0.264 e. The minimum atomic E-state index is -0.389. The van der Waals surface area contributed by atoms with E-state index in [1.54, 1.807) is 57.4 Å². The van der Waals surface area contributed by atoms with Gasteiger partial charge in [-0.15, -0.1) is 0 Å². The van der Waals surface area contributed by atoms with Crippen LogP contribution in [0.1, 0.15) is 16.8 Å². The van der Waals surface area contributed by atoms with E-state index in [-0.39, 0.29) is 29.5 Å². The summed E-state index contributed by atoms with van der Waals surface area (Å²) in [7, 11) is 1.59. The van der Waals surface area contributed by atoms with Gasteiger partial charge in [-0.25, -0.2) is 0 Å². The van der Waals surface area contributed by atoms with Crippen LogP contribution in [0.15, 0.2) is 57.8 Å². The number of nitrogens with zero attached hydrogens (tertiary/aromatic N) is 3. The number of anilines is 1. The van der Waals surface area contributed by atoms with Crippen molar-refractivity contribution in [2.24, 2.45) is 0 Å². The lowest BCUT2D eigenvalue weighted by molar-refractivity contribution is -0.116. The van der Waals surface area contributed by atoms with Crippen LogP contribution < -0.4 is 15.6 Å². The lowest BCUT2D eigenvalue weighted by Crippen LogP contribution is -2.30. The predicted molar refractivity (Wildman–Crippen MR) is 130 cm³/mol. The molecule has 1 amide bonds. The van der Waals surface area contributed by atoms with Crippen LogP contribution in [0.4, 0.5) is 5.69 Å². The van der Waals surface area contributed by atoms with Crippen LogP contribution in [0, 0.1) is 20.8 Å². The van der Waals surface area contributed by atoms with Crippen molar-refractivity contribution in [3.05, 3.63) is 80.7 Å². The number of ether oxygens (including phenoxy) is 1. The van der Waals surface area contributed by atoms with Gasteiger partial charge in [-0.1, -0.05) is 22.8 Å². The molecule has 9 heteroatoms. The average Bonchev–Trinajstić information content (AvgIpc) is 3.28. The molecule has 2 heterocycles. The topological polar surface area (TPSA) is 99.3 Å². The third kappa shape index (κ3) is 4.72. The molecule has 1 N–H and O–H groups in total. The Hall–Kier alpha value is -3.91. The highest BCUT2D eigenvalue weighted by atomic mass is 35.5. The molecule has 4 aromatic rings. The second-order valence-corrected chi connectivity index (χ2v) is 8.33. The Labute approximate surface area is 201 Å². The largest absolute Gasteiger partial charge is 0.497 e. The molecule has 0 fully saturated rings. The van der Waals surface area contributed by atoms with Gasteiger partial charge in [0.25, 0.3) is 11.4 Å². The van der Waals surface area contributed by atoms with Gasteiger partial charge in [0.2, 0.25) is 11.7 Å². The second-order valence-electron chi connectivity index (χ2n) is 7.89. The molecule has 0 aliphatic carbocycles. The number of hydrogen-bond acceptors (Lipinski definition) is 6. The Morgan fingerprint density at radius 3 is 2.53 bits per heavy atom. The minimum Gasteiger partial charge on any atom is -0.497 e. The van der Waals surface area contributed by atoms with Gasteiger partial charge < -0.3 is 19.1 Å². The fourth-order valence-corrected chi connectivity index (χ4v) is 3.80. The van der Waals surface area contributed by atoms with E-state index in [1.807, 2.05) is 19.1 Å². The highest BCUT2D eigenvalue weighted by Crippen LogP contribution is 2.25. The van der Waals surface area contributed by atoms with Gasteiger partial charge in [0, 0.05) is 22.0 Å². The molecule has 0 bridgehead atoms. The number of amides is 1. The van der Waals surface area contributed by atoms with E-state index in [0.29, 0.717) is 33.5 Å². The first-order valence-corrected chi connectivity index (χ1v) is 10.9. The molecule has 34 heavy (non-hydrogen) atoms. The van der Waals surface area contributed by atoms with Crippen LogP contribution >= 0.6 is 11.6 Å². The van der Waals surface area contributed by atoms with E-state index in [9.17, 15) is 9.59 Å². The SMILES string of the molecule is COc1ccc(-c2noc(-c3c(C)cc(C)n(CC(=O)Nc4cc(Cl)ccc4C)c3=O)n2)cc1. The summed E-state index contributed by atoms with van der Waals surface area (Å²) in [6.45, 7) is 5.25. The number of carbonyl (C=O) groups excluding carboxylic acids is 1. The Morgan fingerprint density at radius 1 is 1.09 bits per heavy atom. The smallest absolute Gasteiger partial charge is 0.264 e. The van der Waals surface area contributed by atoms with Crippen molar-refractivity contribution in [3.63, 3.8) is 0 Å². The van der Waals surface area contributed by atoms with E-state index in [2.05, 4.69) is 15.5 Å². The lowest BCUT2D eigenvalue weighted by atomic mass is 10.1. The average molecular weight is 479 g/mol. The molecule has 0 unspecified atom stereocenters. The molecule has 2 aromatic heterocycles. The molecule has 174 valence electrons. The van der Waals surface area contributed by atoms with Gasteiger partial charge in [0.05, 0.1) is 7.11 Å². The number of methoxy groups -OCH3 is 1. The number of benzene rings is 2. The second kappa shape index (κ2) is 9.52. The van der Waals surface area contributed by atoms with Crippen molar-refractivity contribution in [1.29, 1.82) is 0 Å². The number of aromatic nitrogens is 3. The standard InChI is InChI=1S/C25H23ClN4O4/c1-14-5-8-18(26)12-20(14)27-21(31)13-30-16(3)11-15(2)22(25(30)32)24-28-23(29-34-24)17-6-9-19(33-4)10-7-17/h5-12H,13H2,1-4H3,(H,27,31). The number of hydrogen-bond donors (Lipinski definition) is 1. The van der Waals surface area contributed by atoms with E-state index in [0.717, 1.165) is 11.1 Å². The van der Waals surface area contributed by atoms with Crippen LogP contribution in [0.25, 0.3) is 22.8 Å². The zero-order valence-electron chi connectivity index (χ0n) is 19.2. The van der Waals surface area contributed by atoms with Crippen LogP contribution in [-0.2, 0) is 11.3 Å². The number of aryl methyl sites for hydroxylation is 3. The first kappa shape index (κ1) is 23.3. The maximum absolute atomic E-state index is 13.4. The number of carbonyl (C=O) groups is 1. The third-order valence-corrected chi connectivity index (χ3v) is 5.70. The molecule has 0 aliphatic heterocycles. The molecule has 8 nitrogen and oxygen atoms in total. The summed E-state index contributed by atoms with van der Waals surface area (Å²) in [6, 6.07) is 14.2. The monoisotopic (exact) mass is 478 g/mol. The van der Waals surface area contributed by atoms with Gasteiger partial charge in [-0.05, 0) is 74.4 Å². The van der Waals surface area contributed by atoms with Crippen LogP contribution in [0.5, 0.6) is 5.75 Å². The number of nitrogens with one attached hydrogen (secondary N) is 1. The molecule has 0 atom stereocenters.